The van der Waals surface area contributed by atoms with E-state index in [4.69, 9.17) is 9.47 Å². The highest BCUT2D eigenvalue weighted by Crippen LogP contribution is 2.25. The molecule has 5 nitrogen and oxygen atoms in total. The summed E-state index contributed by atoms with van der Waals surface area (Å²) in [4.78, 5) is 14.9. The van der Waals surface area contributed by atoms with Gasteiger partial charge in [-0.25, -0.2) is 0 Å². The van der Waals surface area contributed by atoms with Crippen molar-refractivity contribution in [3.05, 3.63) is 52.5 Å². The maximum atomic E-state index is 12.6. The largest absolute Gasteiger partial charge is 0.497 e. The van der Waals surface area contributed by atoms with Crippen molar-refractivity contribution in [2.24, 2.45) is 0 Å². The molecule has 0 spiro atoms. The Morgan fingerprint density at radius 3 is 2.27 bits per heavy atom. The van der Waals surface area contributed by atoms with E-state index in [0.29, 0.717) is 11.3 Å². The monoisotopic (exact) mass is 418 g/mol. The third-order valence-corrected chi connectivity index (χ3v) is 5.38. The van der Waals surface area contributed by atoms with Crippen LogP contribution in [0.15, 0.2) is 46.9 Å². The van der Waals surface area contributed by atoms with Crippen molar-refractivity contribution in [3.8, 4) is 11.5 Å². The minimum Gasteiger partial charge on any atom is -0.497 e. The molecule has 1 heterocycles. The van der Waals surface area contributed by atoms with Crippen LogP contribution >= 0.6 is 15.9 Å². The first-order chi connectivity index (χ1) is 12.6. The summed E-state index contributed by atoms with van der Waals surface area (Å²) < 4.78 is 11.2. The number of methoxy groups -OCH3 is 2. The molecule has 1 aliphatic rings. The molecule has 0 unspecified atom stereocenters. The molecule has 1 saturated heterocycles. The van der Waals surface area contributed by atoms with Crippen molar-refractivity contribution >= 4 is 27.5 Å². The Bertz CT molecular complexity index is 756. The van der Waals surface area contributed by atoms with Crippen LogP contribution in [0, 0.1) is 0 Å². The van der Waals surface area contributed by atoms with Gasteiger partial charge in [0, 0.05) is 29.3 Å². The van der Waals surface area contributed by atoms with Crippen LogP contribution in [0.2, 0.25) is 0 Å². The normalized spacial score (nSPS) is 14.8. The number of carbonyl (C=O) groups is 1. The number of amides is 1. The van der Waals surface area contributed by atoms with Gasteiger partial charge < -0.3 is 19.7 Å². The lowest BCUT2D eigenvalue weighted by Crippen LogP contribution is -2.44. The first-order valence-electron chi connectivity index (χ1n) is 8.64. The van der Waals surface area contributed by atoms with E-state index in [9.17, 15) is 4.79 Å². The summed E-state index contributed by atoms with van der Waals surface area (Å²) in [5.41, 5.74) is 1.79. The van der Waals surface area contributed by atoms with E-state index >= 15 is 0 Å². The molecule has 6 heteroatoms. The van der Waals surface area contributed by atoms with E-state index in [1.54, 1.807) is 20.3 Å². The maximum Gasteiger partial charge on any atom is 0.252 e. The number of nitrogens with zero attached hydrogens (tertiary/aromatic N) is 1. The zero-order valence-electron chi connectivity index (χ0n) is 15.0. The second-order valence-corrected chi connectivity index (χ2v) is 7.13. The molecule has 1 amide bonds. The molecule has 0 aliphatic carbocycles. The number of hydrogen-bond donors (Lipinski definition) is 1. The smallest absolute Gasteiger partial charge is 0.252 e. The highest BCUT2D eigenvalue weighted by atomic mass is 79.9. The Kier molecular flexibility index (Phi) is 6.04. The van der Waals surface area contributed by atoms with Crippen LogP contribution in [-0.2, 0) is 0 Å². The van der Waals surface area contributed by atoms with Crippen molar-refractivity contribution in [1.29, 1.82) is 0 Å². The van der Waals surface area contributed by atoms with Crippen LogP contribution in [0.4, 0.5) is 5.69 Å². The fourth-order valence-electron chi connectivity index (χ4n) is 3.14. The summed E-state index contributed by atoms with van der Waals surface area (Å²) in [6, 6.07) is 13.7. The summed E-state index contributed by atoms with van der Waals surface area (Å²) in [5, 5.41) is 3.15. The first-order valence-corrected chi connectivity index (χ1v) is 9.43. The molecule has 3 rings (SSSR count). The highest BCUT2D eigenvalue weighted by molar-refractivity contribution is 9.10. The average molecular weight is 419 g/mol. The molecule has 1 fully saturated rings. The molecule has 1 aliphatic heterocycles. The quantitative estimate of drug-likeness (QED) is 0.800. The van der Waals surface area contributed by atoms with E-state index in [-0.39, 0.29) is 11.9 Å². The molecule has 0 atom stereocenters. The number of benzene rings is 2. The van der Waals surface area contributed by atoms with Gasteiger partial charge in [-0.05, 0) is 71.2 Å². The lowest BCUT2D eigenvalue weighted by Gasteiger charge is -2.34. The molecule has 0 radical (unpaired) electrons. The third-order valence-electron chi connectivity index (χ3n) is 4.69. The number of carbonyl (C=O) groups excluding carboxylic acids is 1. The summed E-state index contributed by atoms with van der Waals surface area (Å²) in [7, 11) is 3.27. The predicted octanol–water partition coefficient (Wildman–Crippen LogP) is 3.87. The van der Waals surface area contributed by atoms with Crippen LogP contribution < -0.4 is 19.7 Å². The van der Waals surface area contributed by atoms with Gasteiger partial charge in [-0.15, -0.1) is 0 Å². The Balaban J connectivity index is 1.57. The zero-order chi connectivity index (χ0) is 18.5. The third kappa shape index (κ3) is 4.30. The molecule has 138 valence electrons. The number of anilines is 1. The predicted molar refractivity (Wildman–Crippen MR) is 106 cm³/mol. The van der Waals surface area contributed by atoms with Gasteiger partial charge in [0.25, 0.3) is 5.91 Å². The van der Waals surface area contributed by atoms with Gasteiger partial charge in [0.1, 0.15) is 11.5 Å². The molecule has 2 aromatic carbocycles. The lowest BCUT2D eigenvalue weighted by atomic mass is 10.0. The van der Waals surface area contributed by atoms with Gasteiger partial charge in [0.15, 0.2) is 0 Å². The molecule has 26 heavy (non-hydrogen) atoms. The Labute approximate surface area is 162 Å². The van der Waals surface area contributed by atoms with Gasteiger partial charge in [0.05, 0.1) is 19.8 Å². The fraction of sp³-hybridized carbons (Fsp3) is 0.350. The van der Waals surface area contributed by atoms with Gasteiger partial charge >= 0.3 is 0 Å². The highest BCUT2D eigenvalue weighted by Gasteiger charge is 2.22. The average Bonchev–Trinajstić information content (AvgIpc) is 2.69. The Morgan fingerprint density at radius 2 is 1.65 bits per heavy atom. The molecule has 0 bridgehead atoms. The van der Waals surface area contributed by atoms with Gasteiger partial charge in [-0.2, -0.15) is 0 Å². The first kappa shape index (κ1) is 18.6. The number of piperidine rings is 1. The van der Waals surface area contributed by atoms with Gasteiger partial charge in [-0.1, -0.05) is 0 Å². The van der Waals surface area contributed by atoms with Crippen LogP contribution in [0.5, 0.6) is 11.5 Å². The maximum absolute atomic E-state index is 12.6. The minimum absolute atomic E-state index is 0.0707. The molecular formula is C20H23BrN2O3. The van der Waals surface area contributed by atoms with Crippen LogP contribution in [0.1, 0.15) is 23.2 Å². The van der Waals surface area contributed by atoms with Crippen molar-refractivity contribution in [2.75, 3.05) is 32.2 Å². The minimum atomic E-state index is -0.0707. The van der Waals surface area contributed by atoms with Crippen LogP contribution in [0.25, 0.3) is 0 Å². The van der Waals surface area contributed by atoms with E-state index in [1.165, 1.54) is 5.69 Å². The SMILES string of the molecule is COc1ccc(N2CCC(NC(=O)c3cc(OC)ccc3Br)CC2)cc1. The fourth-order valence-corrected chi connectivity index (χ4v) is 3.57. The Hall–Kier alpha value is -2.21. The van der Waals surface area contributed by atoms with E-state index in [2.05, 4.69) is 38.3 Å². The number of rotatable bonds is 5. The van der Waals surface area contributed by atoms with Crippen LogP contribution in [-0.4, -0.2) is 39.3 Å². The number of hydrogen-bond acceptors (Lipinski definition) is 4. The second kappa shape index (κ2) is 8.45. The van der Waals surface area contributed by atoms with Crippen LogP contribution in [0.3, 0.4) is 0 Å². The Morgan fingerprint density at radius 1 is 1.04 bits per heavy atom. The molecular weight excluding hydrogens is 396 g/mol. The summed E-state index contributed by atoms with van der Waals surface area (Å²) in [6.45, 7) is 1.83. The second-order valence-electron chi connectivity index (χ2n) is 6.28. The molecule has 0 aromatic heterocycles. The standard InChI is InChI=1S/C20H23BrN2O3/c1-25-16-5-3-15(4-6-16)23-11-9-14(10-12-23)22-20(24)18-13-17(26-2)7-8-19(18)21/h3-8,13-14H,9-12H2,1-2H3,(H,22,24). The zero-order valence-corrected chi connectivity index (χ0v) is 16.6. The van der Waals surface area contributed by atoms with Crippen molar-refractivity contribution < 1.29 is 14.3 Å². The summed E-state index contributed by atoms with van der Waals surface area (Å²) in [6.07, 6.45) is 1.83. The topological polar surface area (TPSA) is 50.8 Å². The van der Waals surface area contributed by atoms with E-state index < -0.39 is 0 Å². The van der Waals surface area contributed by atoms with E-state index in [1.807, 2.05) is 24.3 Å². The molecule has 2 aromatic rings. The summed E-state index contributed by atoms with van der Waals surface area (Å²) in [5.74, 6) is 1.46. The van der Waals surface area contributed by atoms with Gasteiger partial charge in [-0.3, -0.25) is 4.79 Å². The van der Waals surface area contributed by atoms with Crippen molar-refractivity contribution in [2.45, 2.75) is 18.9 Å². The summed E-state index contributed by atoms with van der Waals surface area (Å²) >= 11 is 3.44. The van der Waals surface area contributed by atoms with Crippen molar-refractivity contribution in [1.82, 2.24) is 5.32 Å². The van der Waals surface area contributed by atoms with E-state index in [0.717, 1.165) is 36.2 Å². The van der Waals surface area contributed by atoms with Crippen molar-refractivity contribution in [3.63, 3.8) is 0 Å². The number of ether oxygens (including phenoxy) is 2. The number of halogens is 1. The molecule has 1 N–H and O–H groups in total. The lowest BCUT2D eigenvalue weighted by molar-refractivity contribution is 0.0930. The van der Waals surface area contributed by atoms with Gasteiger partial charge in [0.2, 0.25) is 0 Å². The number of nitrogens with one attached hydrogen (secondary N) is 1. The molecule has 0 saturated carbocycles.